The highest BCUT2D eigenvalue weighted by molar-refractivity contribution is 5.94. The smallest absolute Gasteiger partial charge is 0.268 e. The number of carbonyl (C=O) groups is 2. The Morgan fingerprint density at radius 1 is 0.974 bits per heavy atom. The van der Waals surface area contributed by atoms with E-state index in [-0.39, 0.29) is 17.4 Å². The Hall–Kier alpha value is -4.24. The molecule has 0 radical (unpaired) electrons. The highest BCUT2D eigenvalue weighted by Crippen LogP contribution is 2.49. The van der Waals surface area contributed by atoms with Crippen molar-refractivity contribution in [2.45, 2.75) is 44.4 Å². The molecule has 4 aromatic rings. The maximum Gasteiger partial charge on any atom is 0.268 e. The van der Waals surface area contributed by atoms with Crippen LogP contribution in [0.15, 0.2) is 67.0 Å². The minimum Gasteiger partial charge on any atom is -0.347 e. The average molecular weight is 524 g/mol. The molecule has 0 atom stereocenters. The first-order valence-electron chi connectivity index (χ1n) is 13.4. The number of H-pyrrole nitrogens is 1. The van der Waals surface area contributed by atoms with Gasteiger partial charge in [0.25, 0.3) is 11.8 Å². The molecule has 1 aliphatic carbocycles. The molecule has 200 valence electrons. The first-order chi connectivity index (χ1) is 18.9. The fourth-order valence-corrected chi connectivity index (χ4v) is 5.85. The Morgan fingerprint density at radius 3 is 2.36 bits per heavy atom. The lowest BCUT2D eigenvalue weighted by atomic mass is 9.71. The molecule has 3 heterocycles. The Bertz CT molecular complexity index is 1470. The Labute approximate surface area is 227 Å². The number of nitrogens with zero attached hydrogens (tertiary/aromatic N) is 5. The van der Waals surface area contributed by atoms with E-state index < -0.39 is 0 Å². The van der Waals surface area contributed by atoms with E-state index in [4.69, 9.17) is 0 Å². The van der Waals surface area contributed by atoms with Crippen molar-refractivity contribution < 1.29 is 9.59 Å². The highest BCUT2D eigenvalue weighted by atomic mass is 16.2. The number of benzene rings is 2. The number of aromatic nitrogens is 4. The number of amides is 2. The van der Waals surface area contributed by atoms with Crippen LogP contribution in [0.3, 0.4) is 0 Å². The Kier molecular flexibility index (Phi) is 6.52. The van der Waals surface area contributed by atoms with Crippen molar-refractivity contribution in [1.29, 1.82) is 0 Å². The van der Waals surface area contributed by atoms with Crippen LogP contribution in [0.4, 0.5) is 0 Å². The number of aromatic amines is 1. The monoisotopic (exact) mass is 523 g/mol. The highest BCUT2D eigenvalue weighted by Gasteiger charge is 2.48. The largest absolute Gasteiger partial charge is 0.347 e. The fraction of sp³-hybridized carbons (Fsp3) is 0.333. The van der Waals surface area contributed by atoms with Crippen molar-refractivity contribution in [1.82, 2.24) is 34.9 Å². The molecule has 2 aromatic carbocycles. The van der Waals surface area contributed by atoms with Gasteiger partial charge in [-0.05, 0) is 54.7 Å². The van der Waals surface area contributed by atoms with Crippen molar-refractivity contribution in [3.63, 3.8) is 0 Å². The van der Waals surface area contributed by atoms with E-state index in [2.05, 4.69) is 48.2 Å². The van der Waals surface area contributed by atoms with E-state index in [0.29, 0.717) is 12.1 Å². The normalized spacial score (nSPS) is 15.9. The maximum atomic E-state index is 13.2. The second-order valence-corrected chi connectivity index (χ2v) is 10.7. The summed E-state index contributed by atoms with van der Waals surface area (Å²) in [5.41, 5.74) is 5.81. The second kappa shape index (κ2) is 10.1. The minimum absolute atomic E-state index is 0.0158. The fourth-order valence-electron chi connectivity index (χ4n) is 5.85. The van der Waals surface area contributed by atoms with Gasteiger partial charge in [0, 0.05) is 57.1 Å². The van der Waals surface area contributed by atoms with Crippen LogP contribution >= 0.6 is 0 Å². The van der Waals surface area contributed by atoms with Crippen molar-refractivity contribution in [2.75, 3.05) is 20.6 Å². The zero-order chi connectivity index (χ0) is 27.0. The minimum atomic E-state index is -0.0513. The van der Waals surface area contributed by atoms with Gasteiger partial charge in [0.2, 0.25) is 0 Å². The van der Waals surface area contributed by atoms with E-state index in [0.717, 1.165) is 55.1 Å². The Balaban J connectivity index is 1.13. The van der Waals surface area contributed by atoms with E-state index in [1.54, 1.807) is 19.0 Å². The molecule has 39 heavy (non-hydrogen) atoms. The number of hydrogen-bond acceptors (Lipinski definition) is 5. The Morgan fingerprint density at radius 2 is 1.72 bits per heavy atom. The molecule has 9 heteroatoms. The molecule has 0 bridgehead atoms. The van der Waals surface area contributed by atoms with Crippen molar-refractivity contribution in [3.05, 3.63) is 95.1 Å². The first kappa shape index (κ1) is 25.1. The number of rotatable bonds is 7. The topological polar surface area (TPSA) is 99.2 Å². The predicted molar refractivity (Wildman–Crippen MR) is 148 cm³/mol. The van der Waals surface area contributed by atoms with Crippen LogP contribution in [0.1, 0.15) is 56.9 Å². The molecule has 1 fully saturated rings. The quantitative estimate of drug-likeness (QED) is 0.384. The van der Waals surface area contributed by atoms with Crippen LogP contribution < -0.4 is 5.32 Å². The van der Waals surface area contributed by atoms with E-state index >= 15 is 0 Å². The summed E-state index contributed by atoms with van der Waals surface area (Å²) in [6.07, 6.45) is 4.85. The van der Waals surface area contributed by atoms with Gasteiger partial charge in [-0.2, -0.15) is 5.10 Å². The van der Waals surface area contributed by atoms with Gasteiger partial charge in [-0.3, -0.25) is 19.6 Å². The lowest BCUT2D eigenvalue weighted by Gasteiger charge is -2.53. The molecule has 1 aliphatic heterocycles. The van der Waals surface area contributed by atoms with Gasteiger partial charge >= 0.3 is 0 Å². The third-order valence-corrected chi connectivity index (χ3v) is 8.15. The van der Waals surface area contributed by atoms with Crippen LogP contribution in [-0.4, -0.2) is 62.0 Å². The maximum absolute atomic E-state index is 13.2. The molecule has 1 saturated carbocycles. The average Bonchev–Trinajstić information content (AvgIpc) is 3.62. The summed E-state index contributed by atoms with van der Waals surface area (Å²) in [4.78, 5) is 33.8. The molecule has 0 unspecified atom stereocenters. The SMILES string of the molecule is CN(C)C(=O)c1ccc(CN2CCn3c(C(=O)NCc4ccc(-c5ncn[nH]5)cc4)ccc3C23CCC3)cc1. The molecule has 2 aromatic heterocycles. The van der Waals surface area contributed by atoms with Crippen molar-refractivity contribution in [2.24, 2.45) is 0 Å². The summed E-state index contributed by atoms with van der Waals surface area (Å²) in [5, 5.41) is 9.86. The molecule has 2 aliphatic rings. The van der Waals surface area contributed by atoms with E-state index in [1.807, 2.05) is 42.5 Å². The summed E-state index contributed by atoms with van der Waals surface area (Å²) in [6.45, 7) is 2.94. The van der Waals surface area contributed by atoms with E-state index in [1.165, 1.54) is 24.0 Å². The summed E-state index contributed by atoms with van der Waals surface area (Å²) in [6, 6.07) is 20.0. The van der Waals surface area contributed by atoms with Crippen molar-refractivity contribution in [3.8, 4) is 11.4 Å². The molecular formula is C30H33N7O2. The first-order valence-corrected chi connectivity index (χ1v) is 13.4. The van der Waals surface area contributed by atoms with Gasteiger partial charge in [0.1, 0.15) is 12.0 Å². The summed E-state index contributed by atoms with van der Waals surface area (Å²) in [5.74, 6) is 0.688. The lowest BCUT2D eigenvalue weighted by molar-refractivity contribution is -0.0217. The zero-order valence-electron chi connectivity index (χ0n) is 22.4. The van der Waals surface area contributed by atoms with Crippen LogP contribution in [-0.2, 0) is 25.2 Å². The van der Waals surface area contributed by atoms with E-state index in [9.17, 15) is 9.59 Å². The summed E-state index contributed by atoms with van der Waals surface area (Å²) < 4.78 is 2.22. The van der Waals surface area contributed by atoms with Crippen LogP contribution in [0.5, 0.6) is 0 Å². The number of fused-ring (bicyclic) bond motifs is 2. The third kappa shape index (κ3) is 4.63. The van der Waals surface area contributed by atoms with Crippen LogP contribution in [0.25, 0.3) is 11.4 Å². The summed E-state index contributed by atoms with van der Waals surface area (Å²) in [7, 11) is 3.54. The number of carbonyl (C=O) groups excluding carboxylic acids is 2. The molecule has 0 saturated heterocycles. The number of hydrogen-bond donors (Lipinski definition) is 2. The van der Waals surface area contributed by atoms with Gasteiger partial charge in [-0.1, -0.05) is 36.4 Å². The van der Waals surface area contributed by atoms with Gasteiger partial charge in [0.15, 0.2) is 5.82 Å². The van der Waals surface area contributed by atoms with Gasteiger partial charge < -0.3 is 14.8 Å². The third-order valence-electron chi connectivity index (χ3n) is 8.15. The lowest BCUT2D eigenvalue weighted by Crippen LogP contribution is -2.56. The van der Waals surface area contributed by atoms with Gasteiger partial charge in [-0.25, -0.2) is 4.98 Å². The van der Waals surface area contributed by atoms with Crippen molar-refractivity contribution >= 4 is 11.8 Å². The van der Waals surface area contributed by atoms with Crippen LogP contribution in [0.2, 0.25) is 0 Å². The standard InChI is InChI=1S/C30H33N7O2/c1-35(2)29(39)24-10-6-22(7-11-24)19-36-16-17-37-25(12-13-26(37)30(36)14-3-15-30)28(38)31-18-21-4-8-23(9-5-21)27-32-20-33-34-27/h4-13,20H,3,14-19H2,1-2H3,(H,31,38)(H,32,33,34). The van der Waals surface area contributed by atoms with Gasteiger partial charge in [0.05, 0.1) is 5.54 Å². The van der Waals surface area contributed by atoms with Crippen LogP contribution in [0, 0.1) is 0 Å². The van der Waals surface area contributed by atoms with Gasteiger partial charge in [-0.15, -0.1) is 0 Å². The number of nitrogens with one attached hydrogen (secondary N) is 2. The molecule has 2 amide bonds. The molecule has 1 spiro atoms. The molecule has 6 rings (SSSR count). The summed E-state index contributed by atoms with van der Waals surface area (Å²) >= 11 is 0. The molecule has 9 nitrogen and oxygen atoms in total. The second-order valence-electron chi connectivity index (χ2n) is 10.7. The predicted octanol–water partition coefficient (Wildman–Crippen LogP) is 3.80. The molecular weight excluding hydrogens is 490 g/mol. The zero-order valence-corrected chi connectivity index (χ0v) is 22.4. The molecule has 2 N–H and O–H groups in total.